The van der Waals surface area contributed by atoms with Gasteiger partial charge >= 0.3 is 5.97 Å². The van der Waals surface area contributed by atoms with Crippen molar-refractivity contribution < 1.29 is 24.2 Å². The Kier molecular flexibility index (Phi) is 7.36. The van der Waals surface area contributed by atoms with Gasteiger partial charge in [-0.3, -0.25) is 14.4 Å². The molecule has 2 unspecified atom stereocenters. The molecule has 0 heterocycles. The number of carbonyl (C=O) groups excluding carboxylic acids is 2. The van der Waals surface area contributed by atoms with Gasteiger partial charge in [0.1, 0.15) is 5.75 Å². The van der Waals surface area contributed by atoms with E-state index in [1.165, 1.54) is 14.0 Å². The van der Waals surface area contributed by atoms with E-state index in [-0.39, 0.29) is 24.7 Å². The van der Waals surface area contributed by atoms with Crippen LogP contribution in [0.4, 0.5) is 0 Å². The van der Waals surface area contributed by atoms with Gasteiger partial charge in [-0.25, -0.2) is 0 Å². The van der Waals surface area contributed by atoms with Crippen molar-refractivity contribution in [1.29, 1.82) is 0 Å². The van der Waals surface area contributed by atoms with E-state index in [0.29, 0.717) is 11.3 Å². The number of hydrogen-bond donors (Lipinski definition) is 3. The molecule has 154 valence electrons. The molecule has 0 fully saturated rings. The maximum Gasteiger partial charge on any atom is 0.306 e. The topological polar surface area (TPSA) is 105 Å². The first-order chi connectivity index (χ1) is 13.7. The Bertz CT molecular complexity index is 869. The average Bonchev–Trinajstić information content (AvgIpc) is 2.67. The van der Waals surface area contributed by atoms with Crippen LogP contribution >= 0.6 is 0 Å². The van der Waals surface area contributed by atoms with Crippen LogP contribution in [-0.2, 0) is 19.9 Å². The van der Waals surface area contributed by atoms with Crippen molar-refractivity contribution in [2.45, 2.75) is 38.3 Å². The number of amides is 2. The first kappa shape index (κ1) is 21.9. The van der Waals surface area contributed by atoms with Crippen molar-refractivity contribution >= 4 is 17.8 Å². The van der Waals surface area contributed by atoms with Crippen LogP contribution in [0.25, 0.3) is 0 Å². The molecule has 3 N–H and O–H groups in total. The highest BCUT2D eigenvalue weighted by atomic mass is 16.5. The first-order valence-corrected chi connectivity index (χ1v) is 9.23. The Morgan fingerprint density at radius 3 is 2.38 bits per heavy atom. The quantitative estimate of drug-likeness (QED) is 0.602. The van der Waals surface area contributed by atoms with Crippen LogP contribution in [0.3, 0.4) is 0 Å². The lowest BCUT2D eigenvalue weighted by molar-refractivity contribution is -0.139. The molecule has 0 saturated heterocycles. The summed E-state index contributed by atoms with van der Waals surface area (Å²) in [5.74, 6) is -1.11. The molecule has 2 aromatic rings. The van der Waals surface area contributed by atoms with Crippen LogP contribution in [0.1, 0.15) is 43.9 Å². The zero-order valence-electron chi connectivity index (χ0n) is 16.8. The van der Waals surface area contributed by atoms with Gasteiger partial charge in [-0.2, -0.15) is 0 Å². The highest BCUT2D eigenvalue weighted by molar-refractivity contribution is 5.81. The number of ether oxygens (including phenoxy) is 1. The number of hydrogen-bond acceptors (Lipinski definition) is 4. The molecule has 0 aliphatic rings. The lowest BCUT2D eigenvalue weighted by Crippen LogP contribution is -2.46. The number of carboxylic acids is 1. The van der Waals surface area contributed by atoms with Crippen molar-refractivity contribution in [1.82, 2.24) is 10.6 Å². The Morgan fingerprint density at radius 1 is 1.10 bits per heavy atom. The Labute approximate surface area is 170 Å². The van der Waals surface area contributed by atoms with Crippen LogP contribution < -0.4 is 15.4 Å². The largest absolute Gasteiger partial charge is 0.497 e. The minimum absolute atomic E-state index is 0.0250. The van der Waals surface area contributed by atoms with E-state index in [1.807, 2.05) is 30.3 Å². The summed E-state index contributed by atoms with van der Waals surface area (Å²) in [6.45, 7) is 3.04. The average molecular weight is 398 g/mol. The van der Waals surface area contributed by atoms with Crippen molar-refractivity contribution in [2.75, 3.05) is 7.11 Å². The SMILES string of the molecule is COc1cccc(C(C)(CC(=O)O)NC(=O)CC(NC(C)=O)c2ccccc2)c1. The summed E-state index contributed by atoms with van der Waals surface area (Å²) in [6, 6.07) is 15.6. The van der Waals surface area contributed by atoms with E-state index < -0.39 is 17.6 Å². The minimum atomic E-state index is -1.14. The molecule has 7 heteroatoms. The van der Waals surface area contributed by atoms with Crippen molar-refractivity contribution in [3.63, 3.8) is 0 Å². The summed E-state index contributed by atoms with van der Waals surface area (Å²) in [5, 5.41) is 15.0. The molecular formula is C22H26N2O5. The normalized spacial score (nSPS) is 13.6. The van der Waals surface area contributed by atoms with Gasteiger partial charge in [-0.1, -0.05) is 42.5 Å². The predicted octanol–water partition coefficient (Wildman–Crippen LogP) is 2.77. The maximum absolute atomic E-state index is 12.8. The van der Waals surface area contributed by atoms with Crippen LogP contribution in [0.2, 0.25) is 0 Å². The highest BCUT2D eigenvalue weighted by Gasteiger charge is 2.32. The van der Waals surface area contributed by atoms with E-state index in [1.54, 1.807) is 31.2 Å². The molecule has 0 spiro atoms. The monoisotopic (exact) mass is 398 g/mol. The summed E-state index contributed by atoms with van der Waals surface area (Å²) >= 11 is 0. The molecule has 0 bridgehead atoms. The molecule has 2 atom stereocenters. The number of methoxy groups -OCH3 is 1. The van der Waals surface area contributed by atoms with Crippen LogP contribution in [0.5, 0.6) is 5.75 Å². The number of rotatable bonds is 9. The van der Waals surface area contributed by atoms with E-state index in [9.17, 15) is 19.5 Å². The number of benzene rings is 2. The fourth-order valence-electron chi connectivity index (χ4n) is 3.21. The second-order valence-electron chi connectivity index (χ2n) is 7.05. The van der Waals surface area contributed by atoms with Gasteiger partial charge in [-0.05, 0) is 30.2 Å². The fourth-order valence-corrected chi connectivity index (χ4v) is 3.21. The summed E-state index contributed by atoms with van der Waals surface area (Å²) in [7, 11) is 1.52. The van der Waals surface area contributed by atoms with Gasteiger partial charge in [0.25, 0.3) is 0 Å². The van der Waals surface area contributed by atoms with Crippen molar-refractivity contribution in [3.05, 3.63) is 65.7 Å². The second-order valence-corrected chi connectivity index (χ2v) is 7.05. The number of carbonyl (C=O) groups is 3. The molecular weight excluding hydrogens is 372 g/mol. The number of aliphatic carboxylic acids is 1. The zero-order valence-corrected chi connectivity index (χ0v) is 16.8. The van der Waals surface area contributed by atoms with Gasteiger partial charge in [0.05, 0.1) is 31.5 Å². The molecule has 29 heavy (non-hydrogen) atoms. The third-order valence-corrected chi connectivity index (χ3v) is 4.60. The molecule has 7 nitrogen and oxygen atoms in total. The zero-order chi connectivity index (χ0) is 21.4. The van der Waals surface area contributed by atoms with Gasteiger partial charge in [0.2, 0.25) is 11.8 Å². The highest BCUT2D eigenvalue weighted by Crippen LogP contribution is 2.28. The minimum Gasteiger partial charge on any atom is -0.497 e. The fraction of sp³-hybridized carbons (Fsp3) is 0.318. The molecule has 2 rings (SSSR count). The smallest absolute Gasteiger partial charge is 0.306 e. The third kappa shape index (κ3) is 6.34. The predicted molar refractivity (Wildman–Crippen MR) is 108 cm³/mol. The molecule has 2 amide bonds. The number of carboxylic acid groups (broad SMARTS) is 1. The summed E-state index contributed by atoms with van der Waals surface area (Å²) < 4.78 is 5.22. The first-order valence-electron chi connectivity index (χ1n) is 9.23. The van der Waals surface area contributed by atoms with Gasteiger partial charge in [0.15, 0.2) is 0 Å². The van der Waals surface area contributed by atoms with Crippen molar-refractivity contribution in [2.24, 2.45) is 0 Å². The molecule has 0 aromatic heterocycles. The van der Waals surface area contributed by atoms with E-state index >= 15 is 0 Å². The van der Waals surface area contributed by atoms with Gasteiger partial charge in [0, 0.05) is 6.92 Å². The lowest BCUT2D eigenvalue weighted by Gasteiger charge is -2.31. The third-order valence-electron chi connectivity index (χ3n) is 4.60. The second kappa shape index (κ2) is 9.73. The molecule has 0 aliphatic carbocycles. The summed E-state index contributed by atoms with van der Waals surface area (Å²) in [4.78, 5) is 35.9. The maximum atomic E-state index is 12.8. The molecule has 2 aromatic carbocycles. The van der Waals surface area contributed by atoms with Gasteiger partial charge < -0.3 is 20.5 Å². The lowest BCUT2D eigenvalue weighted by atomic mass is 9.88. The van der Waals surface area contributed by atoms with E-state index in [2.05, 4.69) is 10.6 Å². The van der Waals surface area contributed by atoms with Crippen LogP contribution in [0.15, 0.2) is 54.6 Å². The summed E-state index contributed by atoms with van der Waals surface area (Å²) in [5.41, 5.74) is 0.261. The Hall–Kier alpha value is -3.35. The standard InChI is InChI=1S/C22H26N2O5/c1-15(25)23-19(16-8-5-4-6-9-16)13-20(26)24-22(2,14-21(27)28)17-10-7-11-18(12-17)29-3/h4-12,19H,13-14H2,1-3H3,(H,23,25)(H,24,26)(H,27,28). The van der Waals surface area contributed by atoms with Gasteiger partial charge in [-0.15, -0.1) is 0 Å². The Balaban J connectivity index is 2.26. The number of nitrogens with one attached hydrogen (secondary N) is 2. The van der Waals surface area contributed by atoms with Crippen molar-refractivity contribution in [3.8, 4) is 5.75 Å². The van der Waals surface area contributed by atoms with Crippen LogP contribution in [0, 0.1) is 0 Å². The van der Waals surface area contributed by atoms with E-state index in [4.69, 9.17) is 4.74 Å². The molecule has 0 aliphatic heterocycles. The Morgan fingerprint density at radius 2 is 1.79 bits per heavy atom. The molecule has 0 saturated carbocycles. The van der Waals surface area contributed by atoms with E-state index in [0.717, 1.165) is 5.56 Å². The summed E-state index contributed by atoms with van der Waals surface area (Å²) in [6.07, 6.45) is -0.329. The van der Waals surface area contributed by atoms with Crippen LogP contribution in [-0.4, -0.2) is 30.0 Å². The molecule has 0 radical (unpaired) electrons.